The van der Waals surface area contributed by atoms with Gasteiger partial charge in [-0.15, -0.1) is 11.6 Å². The molecule has 0 unspecified atom stereocenters. The maximum atomic E-state index is 11.6. The lowest BCUT2D eigenvalue weighted by Crippen LogP contribution is -2.38. The number of carbonyl (C=O) groups is 2. The van der Waals surface area contributed by atoms with Crippen LogP contribution in [0.1, 0.15) is 34.7 Å². The summed E-state index contributed by atoms with van der Waals surface area (Å²) in [6.45, 7) is 1.44. The molecule has 5 nitrogen and oxygen atoms in total. The maximum Gasteiger partial charge on any atom is 0.248 e. The molecule has 1 aromatic heterocycles. The van der Waals surface area contributed by atoms with Gasteiger partial charge in [0.25, 0.3) is 0 Å². The summed E-state index contributed by atoms with van der Waals surface area (Å²) in [6, 6.07) is 5.46. The molecule has 0 radical (unpaired) electrons. The van der Waals surface area contributed by atoms with Gasteiger partial charge in [0, 0.05) is 35.8 Å². The van der Waals surface area contributed by atoms with Crippen LogP contribution in [0.2, 0.25) is 0 Å². The molecule has 1 aliphatic rings. The molecule has 1 saturated heterocycles. The maximum absolute atomic E-state index is 11.6. The number of halogens is 1. The number of nitrogens with two attached hydrogens (primary N) is 1. The number of benzene rings is 1. The van der Waals surface area contributed by atoms with Crippen LogP contribution < -0.4 is 5.73 Å². The molecule has 0 spiro atoms. The van der Waals surface area contributed by atoms with E-state index in [2.05, 4.69) is 4.98 Å². The van der Waals surface area contributed by atoms with Gasteiger partial charge >= 0.3 is 0 Å². The second kappa shape index (κ2) is 6.01. The minimum absolute atomic E-state index is 0.00458. The van der Waals surface area contributed by atoms with Crippen molar-refractivity contribution in [2.75, 3.05) is 19.0 Å². The largest absolute Gasteiger partial charge is 0.366 e. The van der Waals surface area contributed by atoms with E-state index in [1.54, 1.807) is 6.07 Å². The van der Waals surface area contributed by atoms with Crippen LogP contribution in [0.15, 0.2) is 24.4 Å². The van der Waals surface area contributed by atoms with E-state index in [4.69, 9.17) is 17.3 Å². The van der Waals surface area contributed by atoms with Crippen molar-refractivity contribution >= 4 is 34.3 Å². The van der Waals surface area contributed by atoms with E-state index in [-0.39, 0.29) is 11.8 Å². The lowest BCUT2D eigenvalue weighted by molar-refractivity contribution is -0.129. The molecule has 1 fully saturated rings. The number of aromatic amines is 1. The quantitative estimate of drug-likeness (QED) is 0.851. The summed E-state index contributed by atoms with van der Waals surface area (Å²) in [6.07, 6.45) is 3.80. The summed E-state index contributed by atoms with van der Waals surface area (Å²) in [5.41, 5.74) is 8.07. The number of rotatable bonds is 3. The van der Waals surface area contributed by atoms with Gasteiger partial charge in [0.2, 0.25) is 11.8 Å². The number of amides is 2. The highest BCUT2D eigenvalue weighted by molar-refractivity contribution is 6.27. The van der Waals surface area contributed by atoms with E-state index >= 15 is 0 Å². The van der Waals surface area contributed by atoms with Crippen LogP contribution in [-0.2, 0) is 4.79 Å². The molecule has 1 aromatic carbocycles. The number of H-pyrrole nitrogens is 1. The lowest BCUT2D eigenvalue weighted by atomic mass is 9.89. The molecule has 116 valence electrons. The number of fused-ring (bicyclic) bond motifs is 1. The van der Waals surface area contributed by atoms with Crippen molar-refractivity contribution in [3.63, 3.8) is 0 Å². The number of piperidine rings is 1. The van der Waals surface area contributed by atoms with Gasteiger partial charge in [0.05, 0.1) is 0 Å². The standard InChI is InChI=1S/C16H18ClN3O2/c17-8-15(21)20-5-3-10(4-6-20)13-9-19-14-2-1-11(16(18)22)7-12(13)14/h1-2,7,9-10,19H,3-6,8H2,(H2,18,22). The molecule has 22 heavy (non-hydrogen) atoms. The van der Waals surface area contributed by atoms with E-state index in [9.17, 15) is 9.59 Å². The predicted octanol–water partition coefficient (Wildman–Crippen LogP) is 2.21. The number of alkyl halides is 1. The van der Waals surface area contributed by atoms with Crippen molar-refractivity contribution in [1.82, 2.24) is 9.88 Å². The molecular weight excluding hydrogens is 302 g/mol. The van der Waals surface area contributed by atoms with E-state index in [0.29, 0.717) is 11.5 Å². The minimum atomic E-state index is -0.420. The molecule has 0 atom stereocenters. The van der Waals surface area contributed by atoms with Crippen molar-refractivity contribution in [2.24, 2.45) is 5.73 Å². The molecule has 0 bridgehead atoms. The third-order valence-corrected chi connectivity index (χ3v) is 4.63. The van der Waals surface area contributed by atoms with Gasteiger partial charge in [0.15, 0.2) is 0 Å². The minimum Gasteiger partial charge on any atom is -0.366 e. The summed E-state index contributed by atoms with van der Waals surface area (Å²) in [5.74, 6) is -0.0115. The Labute approximate surface area is 133 Å². The summed E-state index contributed by atoms with van der Waals surface area (Å²) < 4.78 is 0. The number of nitrogens with zero attached hydrogens (tertiary/aromatic N) is 1. The Morgan fingerprint density at radius 2 is 2.05 bits per heavy atom. The van der Waals surface area contributed by atoms with Crippen molar-refractivity contribution in [1.29, 1.82) is 0 Å². The zero-order valence-electron chi connectivity index (χ0n) is 12.1. The van der Waals surface area contributed by atoms with E-state index in [1.807, 2.05) is 23.2 Å². The lowest BCUT2D eigenvalue weighted by Gasteiger charge is -2.31. The zero-order valence-corrected chi connectivity index (χ0v) is 12.9. The smallest absolute Gasteiger partial charge is 0.248 e. The molecule has 2 heterocycles. The number of carbonyl (C=O) groups excluding carboxylic acids is 2. The number of aromatic nitrogens is 1. The number of nitrogens with one attached hydrogen (secondary N) is 1. The fourth-order valence-corrected chi connectivity index (χ4v) is 3.33. The van der Waals surface area contributed by atoms with Gasteiger partial charge in [0.1, 0.15) is 5.88 Å². The van der Waals surface area contributed by atoms with Gasteiger partial charge in [-0.05, 0) is 42.5 Å². The summed E-state index contributed by atoms with van der Waals surface area (Å²) >= 11 is 5.61. The number of likely N-dealkylation sites (tertiary alicyclic amines) is 1. The molecule has 6 heteroatoms. The first-order valence-corrected chi connectivity index (χ1v) is 7.88. The number of hydrogen-bond donors (Lipinski definition) is 2. The van der Waals surface area contributed by atoms with Crippen molar-refractivity contribution in [3.8, 4) is 0 Å². The van der Waals surface area contributed by atoms with E-state index in [1.165, 1.54) is 5.56 Å². The first-order chi connectivity index (χ1) is 10.6. The molecular formula is C16H18ClN3O2. The highest BCUT2D eigenvalue weighted by Crippen LogP contribution is 2.33. The third kappa shape index (κ3) is 2.68. The van der Waals surface area contributed by atoms with Gasteiger partial charge in [-0.1, -0.05) is 0 Å². The van der Waals surface area contributed by atoms with Crippen molar-refractivity contribution < 1.29 is 9.59 Å². The van der Waals surface area contributed by atoms with Gasteiger partial charge in [-0.25, -0.2) is 0 Å². The Hall–Kier alpha value is -2.01. The fraction of sp³-hybridized carbons (Fsp3) is 0.375. The number of primary amides is 1. The number of hydrogen-bond acceptors (Lipinski definition) is 2. The highest BCUT2D eigenvalue weighted by atomic mass is 35.5. The topological polar surface area (TPSA) is 79.2 Å². The van der Waals surface area contributed by atoms with Crippen LogP contribution in [0.4, 0.5) is 0 Å². The van der Waals surface area contributed by atoms with Crippen molar-refractivity contribution in [2.45, 2.75) is 18.8 Å². The fourth-order valence-electron chi connectivity index (χ4n) is 3.16. The molecule has 3 rings (SSSR count). The Morgan fingerprint density at radius 3 is 2.68 bits per heavy atom. The Morgan fingerprint density at radius 1 is 1.32 bits per heavy atom. The van der Waals surface area contributed by atoms with Crippen LogP contribution >= 0.6 is 11.6 Å². The van der Waals surface area contributed by atoms with E-state index < -0.39 is 5.91 Å². The Kier molecular flexibility index (Phi) is 4.07. The third-order valence-electron chi connectivity index (χ3n) is 4.40. The predicted molar refractivity (Wildman–Crippen MR) is 86.1 cm³/mol. The van der Waals surface area contributed by atoms with Crippen LogP contribution in [0.25, 0.3) is 10.9 Å². The molecule has 1 aliphatic heterocycles. The van der Waals surface area contributed by atoms with Crippen LogP contribution in [-0.4, -0.2) is 40.7 Å². The van der Waals surface area contributed by atoms with E-state index in [0.717, 1.165) is 36.8 Å². The Bertz CT molecular complexity index is 717. The van der Waals surface area contributed by atoms with Gasteiger partial charge < -0.3 is 15.6 Å². The van der Waals surface area contributed by atoms with Crippen LogP contribution in [0.3, 0.4) is 0 Å². The second-order valence-electron chi connectivity index (χ2n) is 5.66. The summed E-state index contributed by atoms with van der Waals surface area (Å²) in [5, 5.41) is 1.04. The average Bonchev–Trinajstić information content (AvgIpc) is 2.97. The average molecular weight is 320 g/mol. The van der Waals surface area contributed by atoms with Crippen LogP contribution in [0, 0.1) is 0 Å². The SMILES string of the molecule is NC(=O)c1ccc2[nH]cc(C3CCN(C(=O)CCl)CC3)c2c1. The van der Waals surface area contributed by atoms with Gasteiger partial charge in [-0.3, -0.25) is 9.59 Å². The highest BCUT2D eigenvalue weighted by Gasteiger charge is 2.25. The first-order valence-electron chi connectivity index (χ1n) is 7.34. The molecule has 2 amide bonds. The normalized spacial score (nSPS) is 16.1. The first kappa shape index (κ1) is 14.9. The zero-order chi connectivity index (χ0) is 15.7. The van der Waals surface area contributed by atoms with Gasteiger partial charge in [-0.2, -0.15) is 0 Å². The van der Waals surface area contributed by atoms with Crippen LogP contribution in [0.5, 0.6) is 0 Å². The monoisotopic (exact) mass is 319 g/mol. The Balaban J connectivity index is 1.84. The molecule has 0 saturated carbocycles. The summed E-state index contributed by atoms with van der Waals surface area (Å²) in [7, 11) is 0. The van der Waals surface area contributed by atoms with Crippen molar-refractivity contribution in [3.05, 3.63) is 35.5 Å². The second-order valence-corrected chi connectivity index (χ2v) is 5.92. The molecule has 3 N–H and O–H groups in total. The molecule has 2 aromatic rings. The molecule has 0 aliphatic carbocycles. The summed E-state index contributed by atoms with van der Waals surface area (Å²) in [4.78, 5) is 28.0.